The average molecular weight is 671 g/mol. The van der Waals surface area contributed by atoms with Gasteiger partial charge in [0, 0.05) is 71.0 Å². The van der Waals surface area contributed by atoms with Gasteiger partial charge in [0.15, 0.2) is 5.96 Å². The quantitative estimate of drug-likeness (QED) is 0.142. The SMILES string of the molecule is CC1=NCCCN1CCCN1CN(CCCN2CCCN=C2C)CN(C(C)COCCNC(=NC2CCCCC2)NC2CCCCC2)C1. The molecule has 5 aliphatic rings. The third-order valence-electron chi connectivity index (χ3n) is 11.1. The number of aliphatic imine (C=N–C) groups is 3. The Kier molecular flexibility index (Phi) is 16.1. The van der Waals surface area contributed by atoms with E-state index in [2.05, 4.69) is 65.9 Å². The summed E-state index contributed by atoms with van der Waals surface area (Å²) in [5.74, 6) is 3.46. The number of ether oxygens (including phenoxy) is 1. The molecule has 2 aliphatic carbocycles. The van der Waals surface area contributed by atoms with E-state index in [4.69, 9.17) is 9.73 Å². The van der Waals surface area contributed by atoms with Crippen LogP contribution in [-0.2, 0) is 4.74 Å². The molecule has 2 saturated carbocycles. The van der Waals surface area contributed by atoms with E-state index in [0.717, 1.165) is 91.5 Å². The van der Waals surface area contributed by atoms with Gasteiger partial charge in [-0.2, -0.15) is 0 Å². The third kappa shape index (κ3) is 12.7. The Hall–Kier alpha value is -1.95. The molecule has 274 valence electrons. The Morgan fingerprint density at radius 1 is 0.771 bits per heavy atom. The van der Waals surface area contributed by atoms with Crippen LogP contribution in [-0.4, -0.2) is 152 Å². The molecule has 5 rings (SSSR count). The fourth-order valence-electron chi connectivity index (χ4n) is 8.11. The van der Waals surface area contributed by atoms with E-state index >= 15 is 0 Å². The number of guanidine groups is 1. The van der Waals surface area contributed by atoms with Crippen molar-refractivity contribution in [2.75, 3.05) is 92.1 Å². The summed E-state index contributed by atoms with van der Waals surface area (Å²) in [6.07, 6.45) is 17.7. The number of hydrogen-bond acceptors (Lipinski definition) is 9. The van der Waals surface area contributed by atoms with Gasteiger partial charge in [0.25, 0.3) is 0 Å². The minimum atomic E-state index is 0.360. The van der Waals surface area contributed by atoms with E-state index in [1.54, 1.807) is 0 Å². The van der Waals surface area contributed by atoms with E-state index in [-0.39, 0.29) is 0 Å². The maximum Gasteiger partial charge on any atom is 0.191 e. The predicted octanol–water partition coefficient (Wildman–Crippen LogP) is 4.41. The van der Waals surface area contributed by atoms with Gasteiger partial charge in [-0.25, -0.2) is 4.99 Å². The Labute approximate surface area is 293 Å². The number of nitrogens with zero attached hydrogens (tertiary/aromatic N) is 8. The molecule has 1 atom stereocenters. The zero-order valence-electron chi connectivity index (χ0n) is 31.0. The number of amidine groups is 2. The van der Waals surface area contributed by atoms with E-state index in [1.165, 1.54) is 102 Å². The van der Waals surface area contributed by atoms with Crippen LogP contribution in [0.15, 0.2) is 15.0 Å². The molecular formula is C37H70N10O. The van der Waals surface area contributed by atoms with Crippen LogP contribution in [0, 0.1) is 0 Å². The van der Waals surface area contributed by atoms with Gasteiger partial charge in [-0.3, -0.25) is 24.7 Å². The standard InChI is InChI=1S/C37H70N10O/c1-32(28-48-27-20-40-37(41-35-14-6-4-7-15-35)42-36-16-8-5-9-17-36)47-30-43(21-12-25-45-23-10-18-38-33(45)2)29-44(31-47)22-13-26-46-24-11-19-39-34(46)3/h32,35-36H,4-31H2,1-3H3,(H2,40,41,42). The third-order valence-corrected chi connectivity index (χ3v) is 11.1. The van der Waals surface area contributed by atoms with Gasteiger partial charge in [0.05, 0.1) is 50.9 Å². The van der Waals surface area contributed by atoms with Crippen molar-refractivity contribution in [2.45, 2.75) is 129 Å². The highest BCUT2D eigenvalue weighted by Gasteiger charge is 2.27. The van der Waals surface area contributed by atoms with Crippen LogP contribution in [0.1, 0.15) is 111 Å². The second-order valence-corrected chi connectivity index (χ2v) is 15.1. The van der Waals surface area contributed by atoms with Crippen molar-refractivity contribution in [1.29, 1.82) is 0 Å². The largest absolute Gasteiger partial charge is 0.378 e. The van der Waals surface area contributed by atoms with Crippen molar-refractivity contribution < 1.29 is 4.74 Å². The molecule has 48 heavy (non-hydrogen) atoms. The first-order valence-corrected chi connectivity index (χ1v) is 19.9. The summed E-state index contributed by atoms with van der Waals surface area (Å²) in [4.78, 5) is 27.4. The summed E-state index contributed by atoms with van der Waals surface area (Å²) in [6.45, 7) is 20.7. The Bertz CT molecular complexity index is 964. The van der Waals surface area contributed by atoms with Crippen molar-refractivity contribution in [3.05, 3.63) is 0 Å². The summed E-state index contributed by atoms with van der Waals surface area (Å²) in [5, 5.41) is 7.44. The molecule has 0 aromatic rings. The zero-order chi connectivity index (χ0) is 33.4. The molecule has 0 amide bonds. The smallest absolute Gasteiger partial charge is 0.191 e. The Morgan fingerprint density at radius 2 is 1.35 bits per heavy atom. The lowest BCUT2D eigenvalue weighted by atomic mass is 9.95. The number of rotatable bonds is 16. The first-order valence-electron chi connectivity index (χ1n) is 19.9. The normalized spacial score (nSPS) is 24.0. The Balaban J connectivity index is 1.07. The molecule has 3 heterocycles. The molecule has 0 aromatic carbocycles. The lowest BCUT2D eigenvalue weighted by molar-refractivity contribution is -0.0639. The van der Waals surface area contributed by atoms with Crippen molar-refractivity contribution in [2.24, 2.45) is 15.0 Å². The molecule has 11 heteroatoms. The van der Waals surface area contributed by atoms with Gasteiger partial charge < -0.3 is 25.2 Å². The van der Waals surface area contributed by atoms with Crippen LogP contribution in [0.5, 0.6) is 0 Å². The summed E-state index contributed by atoms with van der Waals surface area (Å²) >= 11 is 0. The topological polar surface area (TPSA) is 86.6 Å². The molecule has 2 N–H and O–H groups in total. The highest BCUT2D eigenvalue weighted by atomic mass is 16.5. The van der Waals surface area contributed by atoms with Gasteiger partial charge in [0.1, 0.15) is 0 Å². The van der Waals surface area contributed by atoms with Crippen molar-refractivity contribution in [3.63, 3.8) is 0 Å². The lowest BCUT2D eigenvalue weighted by Crippen LogP contribution is -2.58. The minimum Gasteiger partial charge on any atom is -0.378 e. The first kappa shape index (κ1) is 37.3. The van der Waals surface area contributed by atoms with E-state index < -0.39 is 0 Å². The van der Waals surface area contributed by atoms with Crippen LogP contribution in [0.2, 0.25) is 0 Å². The summed E-state index contributed by atoms with van der Waals surface area (Å²) < 4.78 is 6.33. The Morgan fingerprint density at radius 3 is 1.94 bits per heavy atom. The van der Waals surface area contributed by atoms with E-state index in [9.17, 15) is 0 Å². The summed E-state index contributed by atoms with van der Waals surface area (Å²) in [7, 11) is 0. The van der Waals surface area contributed by atoms with Crippen LogP contribution in [0.25, 0.3) is 0 Å². The molecule has 0 bridgehead atoms. The van der Waals surface area contributed by atoms with Gasteiger partial charge in [-0.05, 0) is 72.1 Å². The highest BCUT2D eigenvalue weighted by molar-refractivity contribution is 5.81. The minimum absolute atomic E-state index is 0.360. The number of hydrogen-bond donors (Lipinski definition) is 2. The van der Waals surface area contributed by atoms with Gasteiger partial charge in [-0.15, -0.1) is 0 Å². The molecule has 0 aromatic heterocycles. The zero-order valence-corrected chi connectivity index (χ0v) is 31.0. The van der Waals surface area contributed by atoms with Crippen molar-refractivity contribution in [1.82, 2.24) is 35.1 Å². The van der Waals surface area contributed by atoms with Gasteiger partial charge in [0.2, 0.25) is 0 Å². The highest BCUT2D eigenvalue weighted by Crippen LogP contribution is 2.21. The van der Waals surface area contributed by atoms with Crippen molar-refractivity contribution in [3.8, 4) is 0 Å². The first-order chi connectivity index (χ1) is 23.5. The second-order valence-electron chi connectivity index (χ2n) is 15.1. The van der Waals surface area contributed by atoms with E-state index in [0.29, 0.717) is 24.7 Å². The summed E-state index contributed by atoms with van der Waals surface area (Å²) in [5.41, 5.74) is 0. The molecule has 1 unspecified atom stereocenters. The van der Waals surface area contributed by atoms with Gasteiger partial charge in [-0.1, -0.05) is 38.5 Å². The van der Waals surface area contributed by atoms with Crippen LogP contribution < -0.4 is 10.6 Å². The fraction of sp³-hybridized carbons (Fsp3) is 0.919. The van der Waals surface area contributed by atoms with Crippen LogP contribution in [0.3, 0.4) is 0 Å². The maximum atomic E-state index is 6.33. The molecule has 0 spiro atoms. The molecule has 3 aliphatic heterocycles. The molecule has 11 nitrogen and oxygen atoms in total. The summed E-state index contributed by atoms with van der Waals surface area (Å²) in [6, 6.07) is 1.39. The second kappa shape index (κ2) is 20.7. The maximum absolute atomic E-state index is 6.33. The van der Waals surface area contributed by atoms with Gasteiger partial charge >= 0.3 is 0 Å². The predicted molar refractivity (Wildman–Crippen MR) is 200 cm³/mol. The monoisotopic (exact) mass is 671 g/mol. The lowest BCUT2D eigenvalue weighted by Gasteiger charge is -2.45. The molecule has 0 radical (unpaired) electrons. The average Bonchev–Trinajstić information content (AvgIpc) is 3.10. The van der Waals surface area contributed by atoms with Crippen LogP contribution in [0.4, 0.5) is 0 Å². The van der Waals surface area contributed by atoms with Crippen molar-refractivity contribution >= 4 is 17.6 Å². The number of nitrogens with one attached hydrogen (secondary N) is 2. The molecule has 3 fully saturated rings. The molecular weight excluding hydrogens is 600 g/mol. The van der Waals surface area contributed by atoms with Crippen LogP contribution >= 0.6 is 0 Å². The van der Waals surface area contributed by atoms with E-state index in [1.807, 2.05) is 0 Å². The fourth-order valence-corrected chi connectivity index (χ4v) is 8.11. The molecule has 1 saturated heterocycles.